The average Bonchev–Trinajstić information content (AvgIpc) is 2.76. The van der Waals surface area contributed by atoms with Gasteiger partial charge in [-0.1, -0.05) is 20.3 Å². The van der Waals surface area contributed by atoms with Crippen molar-refractivity contribution in [1.82, 2.24) is 4.98 Å². The van der Waals surface area contributed by atoms with Crippen LogP contribution in [0.1, 0.15) is 39.3 Å². The largest absolute Gasteiger partial charge is 0.466 e. The lowest BCUT2D eigenvalue weighted by atomic mass is 10.1. The lowest BCUT2D eigenvalue weighted by Gasteiger charge is -2.06. The van der Waals surface area contributed by atoms with Gasteiger partial charge in [0.1, 0.15) is 0 Å². The predicted octanol–water partition coefficient (Wildman–Crippen LogP) is 2.62. The summed E-state index contributed by atoms with van der Waals surface area (Å²) in [6, 6.07) is 0. The lowest BCUT2D eigenvalue weighted by Crippen LogP contribution is -2.14. The van der Waals surface area contributed by atoms with Crippen LogP contribution in [-0.2, 0) is 20.7 Å². The Hall–Kier alpha value is -1.43. The van der Waals surface area contributed by atoms with E-state index in [4.69, 9.17) is 4.74 Å². The molecule has 0 aromatic carbocycles. The normalized spacial score (nSPS) is 11.9. The summed E-state index contributed by atoms with van der Waals surface area (Å²) in [6.07, 6.45) is 1.61. The number of nitrogens with one attached hydrogen (secondary N) is 1. The van der Waals surface area contributed by atoms with Gasteiger partial charge in [0.2, 0.25) is 5.91 Å². The molecule has 1 heterocycles. The number of hydrogen-bond acceptors (Lipinski definition) is 5. The van der Waals surface area contributed by atoms with Crippen LogP contribution in [0.2, 0.25) is 0 Å². The van der Waals surface area contributed by atoms with Crippen LogP contribution in [0.4, 0.5) is 5.13 Å². The van der Waals surface area contributed by atoms with Crippen LogP contribution in [0, 0.1) is 5.92 Å². The molecule has 0 fully saturated rings. The molecule has 1 aromatic rings. The highest BCUT2D eigenvalue weighted by Crippen LogP contribution is 2.17. The lowest BCUT2D eigenvalue weighted by molar-refractivity contribution is -0.142. The van der Waals surface area contributed by atoms with E-state index in [2.05, 4.69) is 17.2 Å². The number of carbonyl (C=O) groups excluding carboxylic acids is 2. The van der Waals surface area contributed by atoms with E-state index in [0.717, 1.165) is 6.42 Å². The highest BCUT2D eigenvalue weighted by atomic mass is 32.1. The molecular formula is C13H20N2O3S. The fourth-order valence-electron chi connectivity index (χ4n) is 1.44. The fourth-order valence-corrected chi connectivity index (χ4v) is 2.16. The third-order valence-electron chi connectivity index (χ3n) is 2.66. The third-order valence-corrected chi connectivity index (χ3v) is 3.47. The summed E-state index contributed by atoms with van der Waals surface area (Å²) in [5.74, 6) is 0.0237. The highest BCUT2D eigenvalue weighted by molar-refractivity contribution is 7.13. The summed E-state index contributed by atoms with van der Waals surface area (Å²) >= 11 is 1.32. The number of rotatable bonds is 7. The van der Waals surface area contributed by atoms with Gasteiger partial charge in [-0.25, -0.2) is 4.98 Å². The minimum absolute atomic E-state index is 0.0358. The van der Waals surface area contributed by atoms with Crippen molar-refractivity contribution < 1.29 is 14.3 Å². The first kappa shape index (κ1) is 15.6. The zero-order valence-electron chi connectivity index (χ0n) is 11.6. The van der Waals surface area contributed by atoms with E-state index >= 15 is 0 Å². The molecule has 0 saturated carbocycles. The molecule has 0 spiro atoms. The quantitative estimate of drug-likeness (QED) is 0.781. The van der Waals surface area contributed by atoms with Crippen LogP contribution in [0.25, 0.3) is 0 Å². The minimum Gasteiger partial charge on any atom is -0.466 e. The van der Waals surface area contributed by atoms with Gasteiger partial charge in [-0.15, -0.1) is 11.3 Å². The van der Waals surface area contributed by atoms with Gasteiger partial charge < -0.3 is 10.1 Å². The summed E-state index contributed by atoms with van der Waals surface area (Å²) in [6.45, 7) is 6.22. The van der Waals surface area contributed by atoms with Crippen LogP contribution in [0.3, 0.4) is 0 Å². The maximum atomic E-state index is 11.7. The maximum absolute atomic E-state index is 11.7. The Morgan fingerprint density at radius 2 is 2.21 bits per heavy atom. The molecule has 0 radical (unpaired) electrons. The number of aromatic nitrogens is 1. The molecule has 106 valence electrons. The van der Waals surface area contributed by atoms with E-state index in [0.29, 0.717) is 29.8 Å². The molecule has 1 aromatic heterocycles. The second-order valence-corrected chi connectivity index (χ2v) is 5.25. The standard InChI is InChI=1S/C13H20N2O3S/c1-4-9(3)6-11(16)15-13-14-10(8-19-13)7-12(17)18-5-2/h8-9H,4-7H2,1-3H3,(H,14,15,16). The van der Waals surface area contributed by atoms with Crippen molar-refractivity contribution in [2.24, 2.45) is 5.92 Å². The molecule has 1 rings (SSSR count). The van der Waals surface area contributed by atoms with Crippen molar-refractivity contribution in [1.29, 1.82) is 0 Å². The number of nitrogens with zero attached hydrogens (tertiary/aromatic N) is 1. The van der Waals surface area contributed by atoms with E-state index in [1.165, 1.54) is 11.3 Å². The SMILES string of the molecule is CCOC(=O)Cc1csc(NC(=O)CC(C)CC)n1. The summed E-state index contributed by atoms with van der Waals surface area (Å²) in [5.41, 5.74) is 0.627. The molecule has 1 amide bonds. The molecule has 1 unspecified atom stereocenters. The Balaban J connectivity index is 2.46. The molecule has 6 heteroatoms. The van der Waals surface area contributed by atoms with Gasteiger partial charge in [-0.3, -0.25) is 9.59 Å². The first-order valence-corrected chi connectivity index (χ1v) is 7.33. The second kappa shape index (κ2) is 7.89. The van der Waals surface area contributed by atoms with Gasteiger partial charge in [0.05, 0.1) is 18.7 Å². The number of esters is 1. The molecular weight excluding hydrogens is 264 g/mol. The zero-order valence-corrected chi connectivity index (χ0v) is 12.4. The van der Waals surface area contributed by atoms with E-state index in [-0.39, 0.29) is 18.3 Å². The van der Waals surface area contributed by atoms with Crippen LogP contribution in [0.15, 0.2) is 5.38 Å². The van der Waals surface area contributed by atoms with E-state index in [1.54, 1.807) is 12.3 Å². The fraction of sp³-hybridized carbons (Fsp3) is 0.615. The van der Waals surface area contributed by atoms with Gasteiger partial charge in [0.15, 0.2) is 5.13 Å². The molecule has 0 aliphatic rings. The maximum Gasteiger partial charge on any atom is 0.311 e. The van der Waals surface area contributed by atoms with Crippen molar-refractivity contribution in [3.8, 4) is 0 Å². The Morgan fingerprint density at radius 1 is 1.47 bits per heavy atom. The van der Waals surface area contributed by atoms with Gasteiger partial charge >= 0.3 is 5.97 Å². The molecule has 0 aliphatic heterocycles. The first-order chi connectivity index (χ1) is 9.05. The predicted molar refractivity (Wildman–Crippen MR) is 75.2 cm³/mol. The van der Waals surface area contributed by atoms with Gasteiger partial charge in [0, 0.05) is 11.8 Å². The van der Waals surface area contributed by atoms with Crippen LogP contribution in [-0.4, -0.2) is 23.5 Å². The number of hydrogen-bond donors (Lipinski definition) is 1. The molecule has 0 saturated heterocycles. The summed E-state index contributed by atoms with van der Waals surface area (Å²) in [7, 11) is 0. The van der Waals surface area contributed by atoms with Crippen LogP contribution in [0.5, 0.6) is 0 Å². The number of thiazole rings is 1. The molecule has 19 heavy (non-hydrogen) atoms. The Bertz CT molecular complexity index is 431. The third kappa shape index (κ3) is 5.83. The topological polar surface area (TPSA) is 68.3 Å². The van der Waals surface area contributed by atoms with E-state index in [1.807, 2.05) is 6.92 Å². The minimum atomic E-state index is -0.301. The molecule has 0 aliphatic carbocycles. The molecule has 0 bridgehead atoms. The highest BCUT2D eigenvalue weighted by Gasteiger charge is 2.12. The number of anilines is 1. The smallest absolute Gasteiger partial charge is 0.311 e. The Kier molecular flexibility index (Phi) is 6.49. The van der Waals surface area contributed by atoms with Gasteiger partial charge in [0.25, 0.3) is 0 Å². The van der Waals surface area contributed by atoms with Gasteiger partial charge in [-0.2, -0.15) is 0 Å². The second-order valence-electron chi connectivity index (χ2n) is 4.39. The first-order valence-electron chi connectivity index (χ1n) is 6.45. The van der Waals surface area contributed by atoms with Crippen molar-refractivity contribution >= 4 is 28.3 Å². The van der Waals surface area contributed by atoms with Crippen molar-refractivity contribution in [2.45, 2.75) is 40.0 Å². The van der Waals surface area contributed by atoms with E-state index in [9.17, 15) is 9.59 Å². The number of carbonyl (C=O) groups is 2. The molecule has 5 nitrogen and oxygen atoms in total. The molecule has 1 atom stereocenters. The van der Waals surface area contributed by atoms with Crippen LogP contribution < -0.4 is 5.32 Å². The van der Waals surface area contributed by atoms with Crippen molar-refractivity contribution in [3.05, 3.63) is 11.1 Å². The van der Waals surface area contributed by atoms with Crippen molar-refractivity contribution in [2.75, 3.05) is 11.9 Å². The molecule has 1 N–H and O–H groups in total. The van der Waals surface area contributed by atoms with Crippen LogP contribution >= 0.6 is 11.3 Å². The summed E-state index contributed by atoms with van der Waals surface area (Å²) in [4.78, 5) is 27.2. The monoisotopic (exact) mass is 284 g/mol. The van der Waals surface area contributed by atoms with Gasteiger partial charge in [-0.05, 0) is 12.8 Å². The zero-order chi connectivity index (χ0) is 14.3. The Morgan fingerprint density at radius 3 is 2.84 bits per heavy atom. The summed E-state index contributed by atoms with van der Waals surface area (Å²) in [5, 5.41) is 5.04. The number of amides is 1. The number of ether oxygens (including phenoxy) is 1. The summed E-state index contributed by atoms with van der Waals surface area (Å²) < 4.78 is 4.84. The Labute approximate surface area is 117 Å². The van der Waals surface area contributed by atoms with Crippen molar-refractivity contribution in [3.63, 3.8) is 0 Å². The average molecular weight is 284 g/mol. The van der Waals surface area contributed by atoms with E-state index < -0.39 is 0 Å².